The van der Waals surface area contributed by atoms with Crippen LogP contribution in [0.15, 0.2) is 91.0 Å². The number of methoxy groups -OCH3 is 1. The molecule has 0 aliphatic heterocycles. The Balaban J connectivity index is 1.52. The van der Waals surface area contributed by atoms with Gasteiger partial charge in [-0.25, -0.2) is 4.79 Å². The summed E-state index contributed by atoms with van der Waals surface area (Å²) >= 11 is 0. The van der Waals surface area contributed by atoms with Crippen molar-refractivity contribution in [1.29, 1.82) is 0 Å². The number of carbonyl (C=O) groups is 3. The fourth-order valence-electron chi connectivity index (χ4n) is 5.84. The number of hydrogen-bond donors (Lipinski definition) is 1. The average Bonchev–Trinajstić information content (AvgIpc) is 3.11. The second-order valence-corrected chi connectivity index (χ2v) is 12.0. The monoisotopic (exact) mass is 643 g/mol. The van der Waals surface area contributed by atoms with Crippen LogP contribution in [0.5, 0.6) is 0 Å². The fourth-order valence-corrected chi connectivity index (χ4v) is 5.84. The van der Waals surface area contributed by atoms with Crippen molar-refractivity contribution >= 4 is 17.8 Å². The maximum absolute atomic E-state index is 12.8. The molecule has 1 N–H and O–H groups in total. The van der Waals surface area contributed by atoms with Gasteiger partial charge in [-0.1, -0.05) is 169 Å². The van der Waals surface area contributed by atoms with Crippen LogP contribution < -0.4 is 5.32 Å². The molecule has 0 aliphatic carbocycles. The van der Waals surface area contributed by atoms with Crippen molar-refractivity contribution < 1.29 is 28.6 Å². The Morgan fingerprint density at radius 1 is 0.638 bits per heavy atom. The number of benzene rings is 3. The number of nitrogens with one attached hydrogen (secondary N) is 1. The average molecular weight is 644 g/mol. The van der Waals surface area contributed by atoms with Gasteiger partial charge < -0.3 is 19.5 Å². The Morgan fingerprint density at radius 2 is 1.06 bits per heavy atom. The van der Waals surface area contributed by atoms with E-state index in [4.69, 9.17) is 14.2 Å². The summed E-state index contributed by atoms with van der Waals surface area (Å²) in [4.78, 5) is 38.1. The third-order valence-corrected chi connectivity index (χ3v) is 8.39. The number of unbranched alkanes of at least 4 members (excludes halogenated alkanes) is 11. The second-order valence-electron chi connectivity index (χ2n) is 12.0. The number of esters is 2. The second kappa shape index (κ2) is 21.8. The van der Waals surface area contributed by atoms with Crippen molar-refractivity contribution in [3.63, 3.8) is 0 Å². The van der Waals surface area contributed by atoms with Gasteiger partial charge in [0.15, 0.2) is 0 Å². The van der Waals surface area contributed by atoms with Crippen molar-refractivity contribution in [2.45, 2.75) is 102 Å². The minimum atomic E-state index is -1.37. The predicted molar refractivity (Wildman–Crippen MR) is 186 cm³/mol. The highest BCUT2D eigenvalue weighted by Gasteiger charge is 2.39. The molecule has 7 heteroatoms. The summed E-state index contributed by atoms with van der Waals surface area (Å²) in [5.41, 5.74) is 1.40. The van der Waals surface area contributed by atoms with E-state index in [0.717, 1.165) is 36.0 Å². The zero-order valence-electron chi connectivity index (χ0n) is 28.3. The van der Waals surface area contributed by atoms with Crippen molar-refractivity contribution in [3.8, 4) is 0 Å². The third kappa shape index (κ3) is 12.6. The molecule has 3 aromatic carbocycles. The highest BCUT2D eigenvalue weighted by molar-refractivity contribution is 5.95. The number of ether oxygens (including phenoxy) is 3. The van der Waals surface area contributed by atoms with Crippen LogP contribution in [0.3, 0.4) is 0 Å². The quantitative estimate of drug-likeness (QED) is 0.0484. The number of hydrogen-bond acceptors (Lipinski definition) is 6. The molecule has 7 nitrogen and oxygen atoms in total. The van der Waals surface area contributed by atoms with Crippen molar-refractivity contribution in [2.24, 2.45) is 0 Å². The van der Waals surface area contributed by atoms with Crippen LogP contribution in [0.1, 0.15) is 107 Å². The van der Waals surface area contributed by atoms with Gasteiger partial charge in [0.25, 0.3) is 0 Å². The molecule has 254 valence electrons. The van der Waals surface area contributed by atoms with Crippen LogP contribution in [0, 0.1) is 0 Å². The van der Waals surface area contributed by atoms with E-state index in [-0.39, 0.29) is 6.61 Å². The molecular weight excluding hydrogens is 590 g/mol. The van der Waals surface area contributed by atoms with Gasteiger partial charge in [0.2, 0.25) is 12.0 Å². The van der Waals surface area contributed by atoms with Gasteiger partial charge in [0.1, 0.15) is 12.0 Å². The lowest BCUT2D eigenvalue weighted by Gasteiger charge is -2.36. The zero-order valence-corrected chi connectivity index (χ0v) is 28.3. The van der Waals surface area contributed by atoms with Crippen LogP contribution >= 0.6 is 0 Å². The number of rotatable bonds is 23. The maximum Gasteiger partial charge on any atom is 0.349 e. The van der Waals surface area contributed by atoms with Gasteiger partial charge in [-0.05, 0) is 23.1 Å². The summed E-state index contributed by atoms with van der Waals surface area (Å²) in [6.45, 7) is 2.45. The summed E-state index contributed by atoms with van der Waals surface area (Å²) in [7, 11) is 1.23. The van der Waals surface area contributed by atoms with Crippen molar-refractivity contribution in [2.75, 3.05) is 20.3 Å². The van der Waals surface area contributed by atoms with Crippen molar-refractivity contribution in [3.05, 3.63) is 108 Å². The Hall–Kier alpha value is -3.97. The molecule has 0 saturated carbocycles. The van der Waals surface area contributed by atoms with E-state index in [1.54, 1.807) is 0 Å². The minimum absolute atomic E-state index is 0.294. The summed E-state index contributed by atoms with van der Waals surface area (Å²) in [5.74, 6) is -2.02. The van der Waals surface area contributed by atoms with E-state index in [2.05, 4.69) is 12.2 Å². The SMILES string of the molecule is CCCCCCCCCCCCCCNC(=O)CC(=O)O[C@H](COC(c1ccccc1)(c1ccccc1)c1ccccc1)C(=O)OC. The van der Waals surface area contributed by atoms with E-state index in [9.17, 15) is 14.4 Å². The van der Waals surface area contributed by atoms with Gasteiger partial charge in [-0.2, -0.15) is 0 Å². The lowest BCUT2D eigenvalue weighted by atomic mass is 9.80. The number of carbonyl (C=O) groups excluding carboxylic acids is 3. The topological polar surface area (TPSA) is 90.9 Å². The largest absolute Gasteiger partial charge is 0.466 e. The normalized spacial score (nSPS) is 11.9. The van der Waals surface area contributed by atoms with Gasteiger partial charge in [0.05, 0.1) is 13.7 Å². The Labute approximate surface area is 281 Å². The van der Waals surface area contributed by atoms with Crippen LogP contribution in [0.25, 0.3) is 0 Å². The third-order valence-electron chi connectivity index (χ3n) is 8.39. The smallest absolute Gasteiger partial charge is 0.349 e. The van der Waals surface area contributed by atoms with Crippen LogP contribution in [0.2, 0.25) is 0 Å². The fraction of sp³-hybridized carbons (Fsp3) is 0.475. The standard InChI is InChI=1S/C40H53NO6/c1-3-4-5-6-7-8-9-10-11-12-13-23-30-41-37(42)31-38(43)47-36(39(44)45-2)32-46-40(33-24-17-14-18-25-33,34-26-19-15-20-27-34)35-28-21-16-22-29-35/h14-22,24-29,36H,3-13,23,30-32H2,1-2H3,(H,41,42)/t36-/m1/s1. The molecular formula is C40H53NO6. The van der Waals surface area contributed by atoms with Crippen LogP contribution in [-0.4, -0.2) is 44.2 Å². The van der Waals surface area contributed by atoms with Gasteiger partial charge in [0, 0.05) is 6.54 Å². The molecule has 0 heterocycles. The van der Waals surface area contributed by atoms with Gasteiger partial charge in [-0.3, -0.25) is 9.59 Å². The van der Waals surface area contributed by atoms with Gasteiger partial charge in [-0.15, -0.1) is 0 Å². The lowest BCUT2D eigenvalue weighted by Crippen LogP contribution is -2.40. The summed E-state index contributed by atoms with van der Waals surface area (Å²) in [6, 6.07) is 29.1. The van der Waals surface area contributed by atoms with Crippen LogP contribution in [0.4, 0.5) is 0 Å². The van der Waals surface area contributed by atoms with E-state index < -0.39 is 36.0 Å². The first-order valence-electron chi connectivity index (χ1n) is 17.4. The minimum Gasteiger partial charge on any atom is -0.466 e. The van der Waals surface area contributed by atoms with E-state index >= 15 is 0 Å². The molecule has 3 aromatic rings. The Bertz CT molecular complexity index is 1200. The highest BCUT2D eigenvalue weighted by atomic mass is 16.6. The summed E-state index contributed by atoms with van der Waals surface area (Å²) in [5, 5.41) is 2.80. The molecule has 0 radical (unpaired) electrons. The zero-order chi connectivity index (χ0) is 33.6. The van der Waals surface area contributed by atoms with Crippen molar-refractivity contribution in [1.82, 2.24) is 5.32 Å². The number of amides is 1. The first kappa shape index (κ1) is 37.5. The molecule has 47 heavy (non-hydrogen) atoms. The van der Waals surface area contributed by atoms with E-state index in [1.807, 2.05) is 91.0 Å². The maximum atomic E-state index is 12.8. The molecule has 0 spiro atoms. The van der Waals surface area contributed by atoms with Crippen LogP contribution in [-0.2, 0) is 34.2 Å². The molecule has 1 atom stereocenters. The Kier molecular flexibility index (Phi) is 17.4. The summed E-state index contributed by atoms with van der Waals surface area (Å²) < 4.78 is 17.1. The molecule has 0 aliphatic rings. The van der Waals surface area contributed by atoms with E-state index in [0.29, 0.717) is 6.54 Å². The molecule has 0 bridgehead atoms. The molecule has 0 fully saturated rings. The first-order chi connectivity index (χ1) is 23.0. The lowest BCUT2D eigenvalue weighted by molar-refractivity contribution is -0.173. The predicted octanol–water partition coefficient (Wildman–Crippen LogP) is 8.29. The summed E-state index contributed by atoms with van der Waals surface area (Å²) in [6.07, 6.45) is 13.0. The first-order valence-corrected chi connectivity index (χ1v) is 17.4. The molecule has 0 saturated heterocycles. The van der Waals surface area contributed by atoms with E-state index in [1.165, 1.54) is 64.9 Å². The van der Waals surface area contributed by atoms with Gasteiger partial charge >= 0.3 is 11.9 Å². The molecule has 3 rings (SSSR count). The molecule has 0 aromatic heterocycles. The Morgan fingerprint density at radius 3 is 1.49 bits per heavy atom. The molecule has 0 unspecified atom stereocenters. The highest BCUT2D eigenvalue weighted by Crippen LogP contribution is 2.40. The molecule has 1 amide bonds.